The molecule has 0 heterocycles. The number of esters is 1. The van der Waals surface area contributed by atoms with E-state index in [1.165, 1.54) is 0 Å². The van der Waals surface area contributed by atoms with Gasteiger partial charge in [-0.3, -0.25) is 9.59 Å². The van der Waals surface area contributed by atoms with Crippen LogP contribution in [0.4, 0.5) is 0 Å². The average molecular weight is 216 g/mol. The first-order valence-corrected chi connectivity index (χ1v) is 5.02. The first-order chi connectivity index (χ1) is 6.85. The van der Waals surface area contributed by atoms with Crippen LogP contribution < -0.4 is 10.6 Å². The van der Waals surface area contributed by atoms with Crippen molar-refractivity contribution in [1.29, 1.82) is 0 Å². The van der Waals surface area contributed by atoms with Crippen LogP contribution in [-0.2, 0) is 14.3 Å². The van der Waals surface area contributed by atoms with Crippen LogP contribution in [0.2, 0.25) is 0 Å². The molecule has 0 aromatic rings. The molecule has 0 aliphatic carbocycles. The smallest absolute Gasteiger partial charge is 0.325 e. The van der Waals surface area contributed by atoms with Crippen LogP contribution >= 0.6 is 0 Å². The molecule has 0 aromatic carbocycles. The van der Waals surface area contributed by atoms with Gasteiger partial charge < -0.3 is 15.4 Å². The topological polar surface area (TPSA) is 67.4 Å². The number of carbonyl (C=O) groups is 2. The zero-order valence-corrected chi connectivity index (χ0v) is 9.85. The summed E-state index contributed by atoms with van der Waals surface area (Å²) < 4.78 is 4.66. The van der Waals surface area contributed by atoms with Crippen LogP contribution in [0.15, 0.2) is 0 Å². The molecule has 0 saturated heterocycles. The lowest BCUT2D eigenvalue weighted by Crippen LogP contribution is -2.44. The van der Waals surface area contributed by atoms with E-state index in [1.54, 1.807) is 6.92 Å². The number of hydrogen-bond donors (Lipinski definition) is 2. The second-order valence-electron chi connectivity index (χ2n) is 4.19. The van der Waals surface area contributed by atoms with E-state index in [9.17, 15) is 9.59 Å². The van der Waals surface area contributed by atoms with E-state index in [0.29, 0.717) is 6.61 Å². The summed E-state index contributed by atoms with van der Waals surface area (Å²) in [5, 5.41) is 5.48. The van der Waals surface area contributed by atoms with E-state index in [0.717, 1.165) is 0 Å². The molecule has 15 heavy (non-hydrogen) atoms. The van der Waals surface area contributed by atoms with Crippen LogP contribution in [0, 0.1) is 0 Å². The highest BCUT2D eigenvalue weighted by molar-refractivity contribution is 5.83. The van der Waals surface area contributed by atoms with Gasteiger partial charge in [0.1, 0.15) is 6.54 Å². The van der Waals surface area contributed by atoms with Gasteiger partial charge in [0.2, 0.25) is 5.91 Å². The number of nitrogens with one attached hydrogen (secondary N) is 2. The molecular formula is C10H20N2O3. The van der Waals surface area contributed by atoms with Gasteiger partial charge in [-0.05, 0) is 27.7 Å². The van der Waals surface area contributed by atoms with Gasteiger partial charge in [0, 0.05) is 5.54 Å². The van der Waals surface area contributed by atoms with Crippen molar-refractivity contribution in [2.75, 3.05) is 19.7 Å². The second kappa shape index (κ2) is 6.40. The molecule has 0 aromatic heterocycles. The van der Waals surface area contributed by atoms with Gasteiger partial charge in [0.25, 0.3) is 0 Å². The van der Waals surface area contributed by atoms with Crippen molar-refractivity contribution in [1.82, 2.24) is 10.6 Å². The monoisotopic (exact) mass is 216 g/mol. The molecule has 5 heteroatoms. The Morgan fingerprint density at radius 3 is 2.27 bits per heavy atom. The molecule has 0 radical (unpaired) electrons. The molecule has 5 nitrogen and oxygen atoms in total. The third kappa shape index (κ3) is 9.21. The van der Waals surface area contributed by atoms with E-state index in [4.69, 9.17) is 0 Å². The summed E-state index contributed by atoms with van der Waals surface area (Å²) >= 11 is 0. The molecule has 0 rings (SSSR count). The average Bonchev–Trinajstić information content (AvgIpc) is 2.11. The van der Waals surface area contributed by atoms with Gasteiger partial charge in [-0.25, -0.2) is 0 Å². The molecular weight excluding hydrogens is 196 g/mol. The Balaban J connectivity index is 3.62. The van der Waals surface area contributed by atoms with Gasteiger partial charge in [-0.1, -0.05) is 0 Å². The zero-order valence-electron chi connectivity index (χ0n) is 9.85. The minimum Gasteiger partial charge on any atom is -0.465 e. The molecule has 1 amide bonds. The van der Waals surface area contributed by atoms with Gasteiger partial charge in [0.05, 0.1) is 13.2 Å². The second-order valence-corrected chi connectivity index (χ2v) is 4.19. The van der Waals surface area contributed by atoms with Gasteiger partial charge in [-0.15, -0.1) is 0 Å². The van der Waals surface area contributed by atoms with Crippen LogP contribution in [-0.4, -0.2) is 37.1 Å². The third-order valence-corrected chi connectivity index (χ3v) is 1.51. The summed E-state index contributed by atoms with van der Waals surface area (Å²) in [7, 11) is 0. The molecule has 0 fully saturated rings. The van der Waals surface area contributed by atoms with Crippen molar-refractivity contribution in [3.8, 4) is 0 Å². The maximum atomic E-state index is 11.2. The van der Waals surface area contributed by atoms with Crippen LogP contribution in [0.3, 0.4) is 0 Å². The van der Waals surface area contributed by atoms with E-state index >= 15 is 0 Å². The van der Waals surface area contributed by atoms with Crippen molar-refractivity contribution in [2.24, 2.45) is 0 Å². The highest BCUT2D eigenvalue weighted by Gasteiger charge is 2.11. The summed E-state index contributed by atoms with van der Waals surface area (Å²) in [6.07, 6.45) is 0. The lowest BCUT2D eigenvalue weighted by molar-refractivity contribution is -0.143. The summed E-state index contributed by atoms with van der Waals surface area (Å²) in [5.74, 6) is -0.625. The quantitative estimate of drug-likeness (QED) is 0.637. The van der Waals surface area contributed by atoms with Crippen LogP contribution in [0.25, 0.3) is 0 Å². The maximum Gasteiger partial charge on any atom is 0.325 e. The Morgan fingerprint density at radius 2 is 1.80 bits per heavy atom. The predicted molar refractivity (Wildman–Crippen MR) is 57.4 cm³/mol. The molecule has 0 atom stereocenters. The van der Waals surface area contributed by atoms with Crippen molar-refractivity contribution >= 4 is 11.9 Å². The predicted octanol–water partition coefficient (Wildman–Crippen LogP) is 0.0538. The highest BCUT2D eigenvalue weighted by Crippen LogP contribution is 1.96. The Kier molecular flexibility index (Phi) is 5.93. The van der Waals surface area contributed by atoms with Crippen molar-refractivity contribution in [3.05, 3.63) is 0 Å². The van der Waals surface area contributed by atoms with E-state index in [-0.39, 0.29) is 24.5 Å². The number of rotatable bonds is 5. The molecule has 0 unspecified atom stereocenters. The largest absolute Gasteiger partial charge is 0.465 e. The number of hydrogen-bond acceptors (Lipinski definition) is 4. The first-order valence-electron chi connectivity index (χ1n) is 5.02. The maximum absolute atomic E-state index is 11.2. The number of carbonyl (C=O) groups excluding carboxylic acids is 2. The zero-order chi connectivity index (χ0) is 11.9. The van der Waals surface area contributed by atoms with Crippen LogP contribution in [0.5, 0.6) is 0 Å². The van der Waals surface area contributed by atoms with E-state index < -0.39 is 5.97 Å². The first kappa shape index (κ1) is 13.9. The van der Waals surface area contributed by atoms with Gasteiger partial charge in [-0.2, -0.15) is 0 Å². The third-order valence-electron chi connectivity index (χ3n) is 1.51. The van der Waals surface area contributed by atoms with Gasteiger partial charge in [0.15, 0.2) is 0 Å². The Hall–Kier alpha value is -1.10. The fourth-order valence-corrected chi connectivity index (χ4v) is 0.791. The normalized spacial score (nSPS) is 10.9. The SMILES string of the molecule is CCOC(=O)CNC(=O)CNC(C)(C)C. The summed E-state index contributed by atoms with van der Waals surface area (Å²) in [4.78, 5) is 22.1. The van der Waals surface area contributed by atoms with Gasteiger partial charge >= 0.3 is 5.97 Å². The Morgan fingerprint density at radius 1 is 1.20 bits per heavy atom. The fourth-order valence-electron chi connectivity index (χ4n) is 0.791. The highest BCUT2D eigenvalue weighted by atomic mass is 16.5. The van der Waals surface area contributed by atoms with Crippen molar-refractivity contribution < 1.29 is 14.3 Å². The molecule has 2 N–H and O–H groups in total. The summed E-state index contributed by atoms with van der Waals surface area (Å²) in [5.41, 5.74) is -0.110. The number of ether oxygens (including phenoxy) is 1. The Labute approximate surface area is 90.6 Å². The lowest BCUT2D eigenvalue weighted by Gasteiger charge is -2.19. The molecule has 0 saturated carbocycles. The minimum atomic E-state index is -0.415. The molecule has 0 aliphatic heterocycles. The standard InChI is InChI=1S/C10H20N2O3/c1-5-15-9(14)7-11-8(13)6-12-10(2,3)4/h12H,5-7H2,1-4H3,(H,11,13). The van der Waals surface area contributed by atoms with E-state index in [1.807, 2.05) is 20.8 Å². The Bertz CT molecular complexity index is 221. The lowest BCUT2D eigenvalue weighted by atomic mass is 10.1. The summed E-state index contributed by atoms with van der Waals surface area (Å²) in [6, 6.07) is 0. The van der Waals surface area contributed by atoms with E-state index in [2.05, 4.69) is 15.4 Å². The minimum absolute atomic E-state index is 0.0709. The van der Waals surface area contributed by atoms with Crippen LogP contribution in [0.1, 0.15) is 27.7 Å². The summed E-state index contributed by atoms with van der Waals surface area (Å²) in [6.45, 7) is 8.07. The molecule has 88 valence electrons. The number of amides is 1. The molecule has 0 aliphatic rings. The molecule has 0 bridgehead atoms. The molecule has 0 spiro atoms. The van der Waals surface area contributed by atoms with Crippen molar-refractivity contribution in [2.45, 2.75) is 33.2 Å². The fraction of sp³-hybridized carbons (Fsp3) is 0.800. The van der Waals surface area contributed by atoms with Crippen molar-refractivity contribution in [3.63, 3.8) is 0 Å².